The van der Waals surface area contributed by atoms with E-state index in [1.165, 1.54) is 16.2 Å². The summed E-state index contributed by atoms with van der Waals surface area (Å²) >= 11 is 6.42. The summed E-state index contributed by atoms with van der Waals surface area (Å²) in [5.74, 6) is 0.940. The molecule has 1 saturated heterocycles. The number of fused-ring (bicyclic) bond motifs is 9. The summed E-state index contributed by atoms with van der Waals surface area (Å²) in [6.45, 7) is 0. The van der Waals surface area contributed by atoms with Crippen LogP contribution in [-0.4, -0.2) is 22.0 Å². The van der Waals surface area contributed by atoms with Crippen molar-refractivity contribution in [1.82, 2.24) is 4.98 Å². The second-order valence-corrected chi connectivity index (χ2v) is 14.1. The maximum atomic E-state index is 13.9. The minimum Gasteiger partial charge on any atom is -0.457 e. The molecular formula is C31H23BrN2O4S2. The smallest absolute Gasteiger partial charge is 0.305 e. The van der Waals surface area contributed by atoms with E-state index in [2.05, 4.69) is 33.0 Å². The number of para-hydroxylation sites is 1. The van der Waals surface area contributed by atoms with Crippen molar-refractivity contribution < 1.29 is 14.3 Å². The third-order valence-corrected chi connectivity index (χ3v) is 12.1. The van der Waals surface area contributed by atoms with E-state index >= 15 is 0 Å². The maximum absolute atomic E-state index is 13.9. The molecule has 1 aromatic heterocycles. The van der Waals surface area contributed by atoms with Crippen LogP contribution in [0.15, 0.2) is 93.2 Å². The lowest BCUT2D eigenvalue weighted by atomic mass is 9.68. The number of carbonyl (C=O) groups is 2. The molecule has 0 spiro atoms. The van der Waals surface area contributed by atoms with Crippen LogP contribution in [0.4, 0.5) is 5.69 Å². The van der Waals surface area contributed by atoms with E-state index in [4.69, 9.17) is 4.74 Å². The summed E-state index contributed by atoms with van der Waals surface area (Å²) in [7, 11) is 0. The zero-order chi connectivity index (χ0) is 27.1. The molecule has 1 N–H and O–H groups in total. The first-order valence-electron chi connectivity index (χ1n) is 13.3. The van der Waals surface area contributed by atoms with E-state index in [9.17, 15) is 14.4 Å². The molecule has 2 aliphatic carbocycles. The number of imide groups is 1. The van der Waals surface area contributed by atoms with E-state index in [-0.39, 0.29) is 57.4 Å². The summed E-state index contributed by atoms with van der Waals surface area (Å²) in [6, 6.07) is 25.2. The molecule has 9 heteroatoms. The van der Waals surface area contributed by atoms with E-state index in [1.807, 2.05) is 66.7 Å². The lowest BCUT2D eigenvalue weighted by Gasteiger charge is -2.43. The van der Waals surface area contributed by atoms with Crippen LogP contribution < -0.4 is 14.5 Å². The number of nitrogens with one attached hydrogen (secondary N) is 1. The standard InChI is InChI=1S/C31H23BrN2O4S2/c32-16-9-11-17(12-10-16)34-29(35)24-20-14-21(25(24)30(34)36)26-23(20)22(27-28(39-26)33-31(37)40-27)15-5-4-8-19(13-15)38-18-6-2-1-3-7-18/h1-13,20-26H,14H2,(H,33,37)/t20-,21-,22+,23+,24+,25+,26-/m1/s1. The molecule has 2 amide bonds. The van der Waals surface area contributed by atoms with Gasteiger partial charge < -0.3 is 9.72 Å². The van der Waals surface area contributed by atoms with Crippen LogP contribution >= 0.6 is 39.0 Å². The molecular weight excluding hydrogens is 608 g/mol. The molecule has 2 bridgehead atoms. The summed E-state index contributed by atoms with van der Waals surface area (Å²) in [5.41, 5.74) is 1.71. The lowest BCUT2D eigenvalue weighted by Crippen LogP contribution is -2.42. The molecule has 200 valence electrons. The van der Waals surface area contributed by atoms with Crippen LogP contribution in [0.5, 0.6) is 11.5 Å². The van der Waals surface area contributed by atoms with Crippen molar-refractivity contribution in [3.63, 3.8) is 0 Å². The number of thioether (sulfide) groups is 1. The quantitative estimate of drug-likeness (QED) is 0.255. The number of halogens is 1. The number of aromatic nitrogens is 1. The molecule has 2 aliphatic heterocycles. The monoisotopic (exact) mass is 630 g/mol. The second-order valence-electron chi connectivity index (χ2n) is 10.9. The molecule has 0 radical (unpaired) electrons. The predicted octanol–water partition coefficient (Wildman–Crippen LogP) is 6.67. The third kappa shape index (κ3) is 3.63. The fourth-order valence-corrected chi connectivity index (χ4v) is 10.8. The Hall–Kier alpha value is -3.14. The first-order chi connectivity index (χ1) is 19.5. The van der Waals surface area contributed by atoms with E-state index in [1.54, 1.807) is 11.8 Å². The van der Waals surface area contributed by atoms with Gasteiger partial charge in [0, 0.05) is 20.5 Å². The van der Waals surface area contributed by atoms with E-state index < -0.39 is 0 Å². The van der Waals surface area contributed by atoms with Crippen molar-refractivity contribution >= 4 is 56.5 Å². The summed E-state index contributed by atoms with van der Waals surface area (Å²) in [5, 5.41) is 1.05. The molecule has 3 heterocycles. The molecule has 4 aromatic rings. The Bertz CT molecular complexity index is 1720. The Morgan fingerprint density at radius 3 is 2.35 bits per heavy atom. The number of carbonyl (C=O) groups excluding carboxylic acids is 2. The molecule has 40 heavy (non-hydrogen) atoms. The van der Waals surface area contributed by atoms with Gasteiger partial charge >= 0.3 is 4.87 Å². The van der Waals surface area contributed by atoms with Gasteiger partial charge in [0.15, 0.2) is 0 Å². The first kappa shape index (κ1) is 24.6. The van der Waals surface area contributed by atoms with Crippen LogP contribution in [-0.2, 0) is 9.59 Å². The number of aromatic amines is 1. The number of amides is 2. The topological polar surface area (TPSA) is 79.5 Å². The summed E-state index contributed by atoms with van der Waals surface area (Å²) < 4.78 is 7.07. The second kappa shape index (κ2) is 9.19. The van der Waals surface area contributed by atoms with Crippen molar-refractivity contribution in [2.45, 2.75) is 22.6 Å². The van der Waals surface area contributed by atoms with Crippen molar-refractivity contribution in [2.24, 2.45) is 29.6 Å². The van der Waals surface area contributed by atoms with Gasteiger partial charge in [-0.1, -0.05) is 57.6 Å². The average Bonchev–Trinajstić information content (AvgIpc) is 3.69. The van der Waals surface area contributed by atoms with Gasteiger partial charge in [0.1, 0.15) is 11.5 Å². The lowest BCUT2D eigenvalue weighted by molar-refractivity contribution is -0.123. The molecule has 3 aromatic carbocycles. The Kier molecular flexibility index (Phi) is 5.66. The Morgan fingerprint density at radius 2 is 1.57 bits per heavy atom. The van der Waals surface area contributed by atoms with Gasteiger partial charge in [-0.05, 0) is 78.3 Å². The van der Waals surface area contributed by atoms with Gasteiger partial charge in [-0.25, -0.2) is 0 Å². The number of hydrogen-bond acceptors (Lipinski definition) is 6. The van der Waals surface area contributed by atoms with Crippen LogP contribution in [0.3, 0.4) is 0 Å². The highest BCUT2D eigenvalue weighted by atomic mass is 79.9. The normalized spacial score (nSPS) is 29.8. The number of hydrogen-bond donors (Lipinski definition) is 1. The molecule has 0 unspecified atom stereocenters. The average molecular weight is 632 g/mol. The molecule has 3 fully saturated rings. The van der Waals surface area contributed by atoms with Gasteiger partial charge in [-0.2, -0.15) is 0 Å². The number of rotatable bonds is 4. The number of anilines is 1. The minimum absolute atomic E-state index is 0.0508. The highest BCUT2D eigenvalue weighted by Gasteiger charge is 2.69. The summed E-state index contributed by atoms with van der Waals surface area (Å²) in [6.07, 6.45) is 0.860. The van der Waals surface area contributed by atoms with Crippen LogP contribution in [0, 0.1) is 29.6 Å². The van der Waals surface area contributed by atoms with Crippen molar-refractivity contribution in [3.8, 4) is 11.5 Å². The minimum atomic E-state index is -0.327. The van der Waals surface area contributed by atoms with Crippen LogP contribution in [0.2, 0.25) is 0 Å². The molecule has 6 nitrogen and oxygen atoms in total. The maximum Gasteiger partial charge on any atom is 0.305 e. The first-order valence-corrected chi connectivity index (χ1v) is 15.8. The van der Waals surface area contributed by atoms with Crippen LogP contribution in [0.25, 0.3) is 0 Å². The molecule has 2 saturated carbocycles. The van der Waals surface area contributed by atoms with Gasteiger partial charge in [-0.3, -0.25) is 19.3 Å². The third-order valence-electron chi connectivity index (χ3n) is 9.00. The Morgan fingerprint density at radius 1 is 0.850 bits per heavy atom. The van der Waals surface area contributed by atoms with Gasteiger partial charge in [0.05, 0.1) is 22.5 Å². The highest BCUT2D eigenvalue weighted by molar-refractivity contribution is 9.10. The fourth-order valence-electron chi connectivity index (χ4n) is 7.63. The Balaban J connectivity index is 1.19. The largest absolute Gasteiger partial charge is 0.457 e. The number of nitrogens with zero attached hydrogens (tertiary/aromatic N) is 1. The number of H-pyrrole nitrogens is 1. The SMILES string of the molecule is O=C1[C@H]2[C@H]3C[C@@H]([C@@H]2C(=O)N1c1ccc(Br)cc1)[C@H]1[C@H](c2cccc(Oc4ccccc4)c2)c2sc(=O)[nH]c2S[C@H]31. The zero-order valence-corrected chi connectivity index (χ0v) is 24.2. The molecule has 4 aliphatic rings. The van der Waals surface area contributed by atoms with Gasteiger partial charge in [-0.15, -0.1) is 11.8 Å². The van der Waals surface area contributed by atoms with Crippen molar-refractivity contribution in [3.05, 3.63) is 103 Å². The number of ether oxygens (including phenoxy) is 1. The fraction of sp³-hybridized carbons (Fsp3) is 0.258. The number of thiazole rings is 1. The van der Waals surface area contributed by atoms with Gasteiger partial charge in [0.2, 0.25) is 11.8 Å². The summed E-state index contributed by atoms with van der Waals surface area (Å²) in [4.78, 5) is 45.7. The van der Waals surface area contributed by atoms with Crippen LogP contribution in [0.1, 0.15) is 22.8 Å². The van der Waals surface area contributed by atoms with E-state index in [0.29, 0.717) is 5.69 Å². The van der Waals surface area contributed by atoms with Crippen molar-refractivity contribution in [2.75, 3.05) is 4.90 Å². The molecule has 7 atom stereocenters. The zero-order valence-electron chi connectivity index (χ0n) is 21.0. The predicted molar refractivity (Wildman–Crippen MR) is 158 cm³/mol. The van der Waals surface area contributed by atoms with Gasteiger partial charge in [0.25, 0.3) is 0 Å². The highest BCUT2D eigenvalue weighted by Crippen LogP contribution is 2.68. The van der Waals surface area contributed by atoms with E-state index in [0.717, 1.165) is 37.9 Å². The Labute approximate surface area is 246 Å². The number of benzene rings is 3. The van der Waals surface area contributed by atoms with Crippen molar-refractivity contribution in [1.29, 1.82) is 0 Å². The molecule has 8 rings (SSSR count).